The van der Waals surface area contributed by atoms with Crippen LogP contribution in [-0.4, -0.2) is 30.1 Å². The van der Waals surface area contributed by atoms with Crippen LogP contribution in [0.4, 0.5) is 0 Å². The van der Waals surface area contributed by atoms with Crippen LogP contribution in [0.3, 0.4) is 0 Å². The molecule has 84 valence electrons. The first kappa shape index (κ1) is 11.5. The Labute approximate surface area is 87.7 Å². The highest BCUT2D eigenvalue weighted by Gasteiger charge is 2.22. The van der Waals surface area contributed by atoms with E-state index >= 15 is 0 Å². The van der Waals surface area contributed by atoms with Gasteiger partial charge in [0.15, 0.2) is 0 Å². The summed E-state index contributed by atoms with van der Waals surface area (Å²) in [6, 6.07) is 0. The number of guanidine groups is 1. The van der Waals surface area contributed by atoms with Crippen LogP contribution < -0.4 is 17.1 Å². The lowest BCUT2D eigenvalue weighted by atomic mass is 10.2. The molecule has 1 rings (SSSR count). The van der Waals surface area contributed by atoms with Gasteiger partial charge in [0.05, 0.1) is 24.4 Å². The summed E-state index contributed by atoms with van der Waals surface area (Å²) in [7, 11) is 0. The molecule has 0 saturated heterocycles. The molecule has 0 saturated carbocycles. The number of carbonyl (C=O) groups is 1. The Morgan fingerprint density at radius 2 is 2.40 bits per heavy atom. The van der Waals surface area contributed by atoms with Gasteiger partial charge < -0.3 is 4.74 Å². The quantitative estimate of drug-likeness (QED) is 0.303. The Morgan fingerprint density at radius 3 is 2.93 bits per heavy atom. The summed E-state index contributed by atoms with van der Waals surface area (Å²) in [5.74, 6) is 10.7. The largest absolute Gasteiger partial charge is 0.463 e. The van der Waals surface area contributed by atoms with Gasteiger partial charge in [-0.2, -0.15) is 0 Å². The van der Waals surface area contributed by atoms with Gasteiger partial charge in [-0.1, -0.05) is 0 Å². The van der Waals surface area contributed by atoms with E-state index in [-0.39, 0.29) is 6.54 Å². The van der Waals surface area contributed by atoms with Crippen LogP contribution in [-0.2, 0) is 9.53 Å². The molecule has 1 aliphatic rings. The number of hydrogen-bond acceptors (Lipinski definition) is 7. The molecule has 0 bridgehead atoms. The smallest absolute Gasteiger partial charge is 0.337 e. The van der Waals surface area contributed by atoms with Crippen molar-refractivity contribution in [2.75, 3.05) is 13.2 Å². The van der Waals surface area contributed by atoms with Gasteiger partial charge in [-0.25, -0.2) is 21.5 Å². The predicted molar refractivity (Wildman–Crippen MR) is 55.0 cm³/mol. The minimum absolute atomic E-state index is 0.230. The summed E-state index contributed by atoms with van der Waals surface area (Å²) in [5, 5.41) is 1.25. The maximum absolute atomic E-state index is 11.5. The van der Waals surface area contributed by atoms with Crippen LogP contribution in [0, 0.1) is 0 Å². The van der Waals surface area contributed by atoms with Crippen molar-refractivity contribution in [2.45, 2.75) is 13.8 Å². The molecule has 0 fully saturated rings. The van der Waals surface area contributed by atoms with E-state index in [0.29, 0.717) is 23.8 Å². The molecule has 7 nitrogen and oxygen atoms in total. The number of carbonyl (C=O) groups excluding carboxylic acids is 1. The Hall–Kier alpha value is -1.60. The van der Waals surface area contributed by atoms with Crippen molar-refractivity contribution in [1.82, 2.24) is 10.4 Å². The van der Waals surface area contributed by atoms with Gasteiger partial charge in [0.2, 0.25) is 5.96 Å². The highest BCUT2D eigenvalue weighted by Crippen LogP contribution is 2.13. The number of nitrogens with zero attached hydrogens (tertiary/aromatic N) is 2. The summed E-state index contributed by atoms with van der Waals surface area (Å²) in [6.45, 7) is 4.00. The average Bonchev–Trinajstić information content (AvgIpc) is 2.21. The molecule has 1 aliphatic heterocycles. The first-order valence-electron chi connectivity index (χ1n) is 4.54. The van der Waals surface area contributed by atoms with Crippen molar-refractivity contribution in [3.63, 3.8) is 0 Å². The van der Waals surface area contributed by atoms with Crippen molar-refractivity contribution >= 4 is 11.9 Å². The summed E-state index contributed by atoms with van der Waals surface area (Å²) in [5.41, 5.74) is 3.34. The number of allylic oxidation sites excluding steroid dienone is 1. The number of hydrazine groups is 2. The summed E-state index contributed by atoms with van der Waals surface area (Å²) < 4.78 is 4.87. The van der Waals surface area contributed by atoms with Crippen LogP contribution in [0.5, 0.6) is 0 Å². The molecule has 0 atom stereocenters. The summed E-state index contributed by atoms with van der Waals surface area (Å²) >= 11 is 0. The number of nitrogens with one attached hydrogen (secondary N) is 1. The molecule has 0 radical (unpaired) electrons. The predicted octanol–water partition coefficient (Wildman–Crippen LogP) is -1.17. The van der Waals surface area contributed by atoms with Crippen molar-refractivity contribution < 1.29 is 9.53 Å². The van der Waals surface area contributed by atoms with E-state index in [0.717, 1.165) is 0 Å². The number of aliphatic imine (C=N–C) groups is 1. The molecule has 0 aromatic heterocycles. The second kappa shape index (κ2) is 4.76. The number of esters is 1. The van der Waals surface area contributed by atoms with Crippen molar-refractivity contribution in [3.8, 4) is 0 Å². The summed E-state index contributed by atoms with van der Waals surface area (Å²) in [6.07, 6.45) is 0. The second-order valence-electron chi connectivity index (χ2n) is 2.99. The van der Waals surface area contributed by atoms with Gasteiger partial charge in [0.1, 0.15) is 0 Å². The molecule has 0 aromatic rings. The van der Waals surface area contributed by atoms with E-state index in [9.17, 15) is 4.79 Å². The molecule has 1 heterocycles. The third kappa shape index (κ3) is 2.45. The molecule has 0 spiro atoms. The Balaban J connectivity index is 2.90. The molecular weight excluding hydrogens is 198 g/mol. The third-order valence-corrected chi connectivity index (χ3v) is 1.96. The number of nitrogens with two attached hydrogens (primary N) is 2. The number of rotatable bonds is 2. The van der Waals surface area contributed by atoms with Crippen LogP contribution in [0.2, 0.25) is 0 Å². The van der Waals surface area contributed by atoms with Crippen molar-refractivity contribution in [3.05, 3.63) is 11.3 Å². The second-order valence-corrected chi connectivity index (χ2v) is 2.99. The van der Waals surface area contributed by atoms with Crippen molar-refractivity contribution in [1.29, 1.82) is 0 Å². The first-order chi connectivity index (χ1) is 7.10. The first-order valence-corrected chi connectivity index (χ1v) is 4.54. The van der Waals surface area contributed by atoms with Gasteiger partial charge in [0.25, 0.3) is 0 Å². The standard InChI is InChI=1S/C8H15N5O2/c1-3-15-7(14)6-4-13(10)8(12-9)11-5(6)2/h3-4,9-10H2,1-2H3,(H,11,12). The molecular formula is C8H15N5O2. The van der Waals surface area contributed by atoms with Crippen molar-refractivity contribution in [2.24, 2.45) is 16.7 Å². The molecule has 0 unspecified atom stereocenters. The normalized spacial score (nSPS) is 16.3. The van der Waals surface area contributed by atoms with Gasteiger partial charge in [-0.05, 0) is 13.8 Å². The Morgan fingerprint density at radius 1 is 1.73 bits per heavy atom. The highest BCUT2D eigenvalue weighted by atomic mass is 16.5. The highest BCUT2D eigenvalue weighted by molar-refractivity contribution is 5.93. The minimum Gasteiger partial charge on any atom is -0.463 e. The van der Waals surface area contributed by atoms with E-state index < -0.39 is 5.97 Å². The van der Waals surface area contributed by atoms with Crippen LogP contribution in [0.15, 0.2) is 16.3 Å². The van der Waals surface area contributed by atoms with E-state index in [1.54, 1.807) is 13.8 Å². The SMILES string of the molecule is CCOC(=O)C1=C(C)N=C(NN)N(N)C1. The fourth-order valence-electron chi connectivity index (χ4n) is 1.20. The monoisotopic (exact) mass is 213 g/mol. The molecule has 0 amide bonds. The fraction of sp³-hybridized carbons (Fsp3) is 0.500. The van der Waals surface area contributed by atoms with E-state index in [1.807, 2.05) is 0 Å². The molecule has 0 aliphatic carbocycles. The molecule has 15 heavy (non-hydrogen) atoms. The van der Waals surface area contributed by atoms with Gasteiger partial charge in [0, 0.05) is 0 Å². The molecule has 7 heteroatoms. The maximum atomic E-state index is 11.5. The Kier molecular flexibility index (Phi) is 3.64. The van der Waals surface area contributed by atoms with E-state index in [4.69, 9.17) is 16.4 Å². The minimum atomic E-state index is -0.398. The number of ether oxygens (including phenoxy) is 1. The van der Waals surface area contributed by atoms with E-state index in [1.165, 1.54) is 5.01 Å². The zero-order valence-corrected chi connectivity index (χ0v) is 8.78. The van der Waals surface area contributed by atoms with Crippen LogP contribution in [0.1, 0.15) is 13.8 Å². The lowest BCUT2D eigenvalue weighted by Crippen LogP contribution is -2.51. The zero-order chi connectivity index (χ0) is 11.4. The van der Waals surface area contributed by atoms with Gasteiger partial charge in [-0.15, -0.1) is 0 Å². The average molecular weight is 213 g/mol. The topological polar surface area (TPSA) is 106 Å². The lowest BCUT2D eigenvalue weighted by Gasteiger charge is -2.25. The van der Waals surface area contributed by atoms with Crippen LogP contribution in [0.25, 0.3) is 0 Å². The van der Waals surface area contributed by atoms with Crippen LogP contribution >= 0.6 is 0 Å². The van der Waals surface area contributed by atoms with Gasteiger partial charge in [-0.3, -0.25) is 10.4 Å². The van der Waals surface area contributed by atoms with Gasteiger partial charge >= 0.3 is 5.97 Å². The third-order valence-electron chi connectivity index (χ3n) is 1.96. The molecule has 5 N–H and O–H groups in total. The lowest BCUT2D eigenvalue weighted by molar-refractivity contribution is -0.138. The maximum Gasteiger partial charge on any atom is 0.337 e. The number of hydrogen-bond donors (Lipinski definition) is 3. The summed E-state index contributed by atoms with van der Waals surface area (Å²) in [4.78, 5) is 15.5. The van der Waals surface area contributed by atoms with E-state index in [2.05, 4.69) is 10.4 Å². The molecule has 0 aromatic carbocycles. The Bertz CT molecular complexity index is 323. The fourth-order valence-corrected chi connectivity index (χ4v) is 1.20. The zero-order valence-electron chi connectivity index (χ0n) is 8.78.